The predicted octanol–water partition coefficient (Wildman–Crippen LogP) is 2.27. The van der Waals surface area contributed by atoms with E-state index in [2.05, 4.69) is 5.32 Å². The van der Waals surface area contributed by atoms with Gasteiger partial charge in [-0.1, -0.05) is 13.3 Å². The second-order valence-corrected chi connectivity index (χ2v) is 5.47. The van der Waals surface area contributed by atoms with Crippen LogP contribution in [0.2, 0.25) is 0 Å². The maximum atomic E-state index is 12.2. The molecule has 1 amide bonds. The van der Waals surface area contributed by atoms with E-state index in [0.717, 1.165) is 5.56 Å². The van der Waals surface area contributed by atoms with Crippen molar-refractivity contribution in [3.05, 3.63) is 21.9 Å². The van der Waals surface area contributed by atoms with E-state index in [1.54, 1.807) is 18.6 Å². The number of ether oxygens (including phenoxy) is 1. The molecule has 5 nitrogen and oxygen atoms in total. The lowest BCUT2D eigenvalue weighted by atomic mass is 9.96. The van der Waals surface area contributed by atoms with Crippen LogP contribution < -0.4 is 5.32 Å². The van der Waals surface area contributed by atoms with Gasteiger partial charge in [0.05, 0.1) is 11.5 Å². The number of aliphatic carboxylic acids is 1. The fourth-order valence-corrected chi connectivity index (χ4v) is 2.64. The van der Waals surface area contributed by atoms with Gasteiger partial charge in [0.25, 0.3) is 5.91 Å². The van der Waals surface area contributed by atoms with Crippen molar-refractivity contribution in [3.63, 3.8) is 0 Å². The van der Waals surface area contributed by atoms with Crippen LogP contribution in [-0.4, -0.2) is 29.6 Å². The molecule has 0 aliphatic carbocycles. The van der Waals surface area contributed by atoms with Gasteiger partial charge in [-0.05, 0) is 24.8 Å². The third-order valence-electron chi connectivity index (χ3n) is 2.86. The van der Waals surface area contributed by atoms with E-state index in [4.69, 9.17) is 4.74 Å². The van der Waals surface area contributed by atoms with Crippen molar-refractivity contribution < 1.29 is 19.4 Å². The first-order valence-electron chi connectivity index (χ1n) is 6.05. The molecule has 1 atom stereocenters. The molecule has 0 aliphatic heterocycles. The highest BCUT2D eigenvalue weighted by molar-refractivity contribution is 7.12. The number of amides is 1. The largest absolute Gasteiger partial charge is 0.480 e. The summed E-state index contributed by atoms with van der Waals surface area (Å²) in [6, 6.07) is 1.81. The van der Waals surface area contributed by atoms with Gasteiger partial charge >= 0.3 is 5.97 Å². The summed E-state index contributed by atoms with van der Waals surface area (Å²) in [6.07, 6.45) is 1.07. The van der Waals surface area contributed by atoms with Crippen LogP contribution in [0.3, 0.4) is 0 Å². The van der Waals surface area contributed by atoms with E-state index < -0.39 is 11.5 Å². The summed E-state index contributed by atoms with van der Waals surface area (Å²) >= 11 is 1.28. The summed E-state index contributed by atoms with van der Waals surface area (Å²) in [7, 11) is 1.55. The van der Waals surface area contributed by atoms with E-state index in [1.807, 2.05) is 6.92 Å². The standard InChI is InChI=1S/C13H19NO4S/c1-4-6-13(2,12(16)17)14-11(15)10-9(8-18-3)5-7-19-10/h5,7H,4,6,8H2,1-3H3,(H,14,15)(H,16,17). The number of methoxy groups -OCH3 is 1. The third kappa shape index (κ3) is 3.78. The molecule has 106 valence electrons. The lowest BCUT2D eigenvalue weighted by molar-refractivity contribution is -0.144. The Kier molecular flexibility index (Phi) is 5.50. The number of carbonyl (C=O) groups excluding carboxylic acids is 1. The zero-order valence-electron chi connectivity index (χ0n) is 11.4. The number of nitrogens with one attached hydrogen (secondary N) is 1. The highest BCUT2D eigenvalue weighted by Gasteiger charge is 2.34. The van der Waals surface area contributed by atoms with Gasteiger partial charge in [0.2, 0.25) is 0 Å². The van der Waals surface area contributed by atoms with Crippen molar-refractivity contribution in [1.29, 1.82) is 0 Å². The Hall–Kier alpha value is -1.40. The molecule has 0 fully saturated rings. The maximum absolute atomic E-state index is 12.2. The lowest BCUT2D eigenvalue weighted by Gasteiger charge is -2.25. The summed E-state index contributed by atoms with van der Waals surface area (Å²) < 4.78 is 5.01. The van der Waals surface area contributed by atoms with Gasteiger partial charge < -0.3 is 15.2 Å². The molecule has 0 bridgehead atoms. The smallest absolute Gasteiger partial charge is 0.329 e. The molecule has 1 aromatic heterocycles. The monoisotopic (exact) mass is 285 g/mol. The molecule has 0 aliphatic rings. The van der Waals surface area contributed by atoms with Crippen LogP contribution in [0.5, 0.6) is 0 Å². The molecule has 2 N–H and O–H groups in total. The maximum Gasteiger partial charge on any atom is 0.329 e. The second kappa shape index (κ2) is 6.68. The summed E-state index contributed by atoms with van der Waals surface area (Å²) in [5, 5.41) is 13.7. The Morgan fingerprint density at radius 2 is 2.21 bits per heavy atom. The highest BCUT2D eigenvalue weighted by atomic mass is 32.1. The summed E-state index contributed by atoms with van der Waals surface area (Å²) in [4.78, 5) is 24.0. The topological polar surface area (TPSA) is 75.6 Å². The van der Waals surface area contributed by atoms with Crippen LogP contribution in [0.1, 0.15) is 41.9 Å². The molecule has 1 unspecified atom stereocenters. The molecule has 0 saturated heterocycles. The first kappa shape index (κ1) is 15.7. The first-order chi connectivity index (χ1) is 8.94. The average Bonchev–Trinajstić information content (AvgIpc) is 2.77. The third-order valence-corrected chi connectivity index (χ3v) is 3.82. The SMILES string of the molecule is CCCC(C)(NC(=O)c1sccc1COC)C(=O)O. The number of carboxylic acid groups (broad SMARTS) is 1. The van der Waals surface area contributed by atoms with Crippen molar-refractivity contribution in [2.45, 2.75) is 38.8 Å². The Labute approximate surface area is 116 Å². The molecular weight excluding hydrogens is 266 g/mol. The predicted molar refractivity (Wildman–Crippen MR) is 73.4 cm³/mol. The molecule has 1 heterocycles. The van der Waals surface area contributed by atoms with Crippen LogP contribution in [0.25, 0.3) is 0 Å². The Bertz CT molecular complexity index is 457. The van der Waals surface area contributed by atoms with E-state index in [9.17, 15) is 14.7 Å². The fraction of sp³-hybridized carbons (Fsp3) is 0.538. The molecule has 0 aromatic carbocycles. The minimum Gasteiger partial charge on any atom is -0.480 e. The van der Waals surface area contributed by atoms with Crippen molar-refractivity contribution in [1.82, 2.24) is 5.32 Å². The van der Waals surface area contributed by atoms with E-state index >= 15 is 0 Å². The second-order valence-electron chi connectivity index (χ2n) is 4.55. The quantitative estimate of drug-likeness (QED) is 0.805. The number of hydrogen-bond donors (Lipinski definition) is 2. The minimum absolute atomic E-state index is 0.337. The zero-order chi connectivity index (χ0) is 14.5. The molecule has 6 heteroatoms. The van der Waals surface area contributed by atoms with Gasteiger partial charge in [-0.2, -0.15) is 0 Å². The minimum atomic E-state index is -1.24. The van der Waals surface area contributed by atoms with Crippen LogP contribution in [0, 0.1) is 0 Å². The molecule has 0 spiro atoms. The van der Waals surface area contributed by atoms with Crippen LogP contribution in [0.4, 0.5) is 0 Å². The number of rotatable bonds is 7. The molecule has 1 rings (SSSR count). The fourth-order valence-electron chi connectivity index (χ4n) is 1.83. The summed E-state index contributed by atoms with van der Waals surface area (Å²) in [5.41, 5.74) is -0.464. The number of thiophene rings is 1. The van der Waals surface area contributed by atoms with Gasteiger partial charge in [-0.25, -0.2) is 4.79 Å². The average molecular weight is 285 g/mol. The zero-order valence-corrected chi connectivity index (χ0v) is 12.2. The Morgan fingerprint density at radius 3 is 2.74 bits per heavy atom. The Balaban J connectivity index is 2.88. The first-order valence-corrected chi connectivity index (χ1v) is 6.93. The van der Waals surface area contributed by atoms with Gasteiger partial charge in [0.15, 0.2) is 0 Å². The molecule has 0 radical (unpaired) electrons. The van der Waals surface area contributed by atoms with Crippen molar-refractivity contribution in [2.75, 3.05) is 7.11 Å². The van der Waals surface area contributed by atoms with Crippen molar-refractivity contribution in [2.24, 2.45) is 0 Å². The van der Waals surface area contributed by atoms with Gasteiger partial charge in [0.1, 0.15) is 5.54 Å². The van der Waals surface area contributed by atoms with Crippen LogP contribution >= 0.6 is 11.3 Å². The molecule has 19 heavy (non-hydrogen) atoms. The van der Waals surface area contributed by atoms with Crippen LogP contribution in [0.15, 0.2) is 11.4 Å². The molecule has 0 saturated carbocycles. The van der Waals surface area contributed by atoms with Crippen molar-refractivity contribution >= 4 is 23.2 Å². The summed E-state index contributed by atoms with van der Waals surface area (Å²) in [6.45, 7) is 3.75. The van der Waals surface area contributed by atoms with Crippen molar-refractivity contribution in [3.8, 4) is 0 Å². The number of carbonyl (C=O) groups is 2. The molecular formula is C13H19NO4S. The van der Waals surface area contributed by atoms with Gasteiger partial charge in [0, 0.05) is 12.7 Å². The molecule has 1 aromatic rings. The van der Waals surface area contributed by atoms with Gasteiger partial charge in [-0.15, -0.1) is 11.3 Å². The lowest BCUT2D eigenvalue weighted by Crippen LogP contribution is -2.52. The van der Waals surface area contributed by atoms with E-state index in [1.165, 1.54) is 18.3 Å². The highest BCUT2D eigenvalue weighted by Crippen LogP contribution is 2.20. The Morgan fingerprint density at radius 1 is 1.53 bits per heavy atom. The van der Waals surface area contributed by atoms with E-state index in [0.29, 0.717) is 24.3 Å². The normalized spacial score (nSPS) is 13.8. The van der Waals surface area contributed by atoms with Crippen LogP contribution in [-0.2, 0) is 16.1 Å². The van der Waals surface area contributed by atoms with E-state index in [-0.39, 0.29) is 5.91 Å². The number of hydrogen-bond acceptors (Lipinski definition) is 4. The number of carboxylic acids is 1. The summed E-state index contributed by atoms with van der Waals surface area (Å²) in [5.74, 6) is -1.38. The van der Waals surface area contributed by atoms with Gasteiger partial charge in [-0.3, -0.25) is 4.79 Å².